The van der Waals surface area contributed by atoms with Crippen LogP contribution in [0.5, 0.6) is 0 Å². The first-order valence-electron chi connectivity index (χ1n) is 3.33. The summed E-state index contributed by atoms with van der Waals surface area (Å²) in [7, 11) is 0. The highest BCUT2D eigenvalue weighted by molar-refractivity contribution is 5.85. The Bertz CT molecular complexity index is 169. The summed E-state index contributed by atoms with van der Waals surface area (Å²) >= 11 is 0. The Labute approximate surface area is 74.5 Å². The minimum absolute atomic E-state index is 0. The zero-order valence-electron chi connectivity index (χ0n) is 6.22. The molecule has 0 aromatic heterocycles. The van der Waals surface area contributed by atoms with E-state index in [4.69, 9.17) is 5.11 Å². The van der Waals surface area contributed by atoms with E-state index in [2.05, 4.69) is 5.32 Å². The Kier molecular flexibility index (Phi) is 3.86. The summed E-state index contributed by atoms with van der Waals surface area (Å²) in [5.41, 5.74) is 0. The Hall–Kier alpha value is -0.420. The zero-order chi connectivity index (χ0) is 8.48. The molecule has 1 saturated carbocycles. The standard InChI is InChI=1S/C6H9F2NO2.ClH/c7-6(8)1-4(2-6)9-3-5(10)11;/h4,9H,1-3H2,(H,10,11);1H. The fourth-order valence-corrected chi connectivity index (χ4v) is 1.04. The van der Waals surface area contributed by atoms with Crippen LogP contribution in [0, 0.1) is 0 Å². The maximum Gasteiger partial charge on any atom is 0.317 e. The third-order valence-electron chi connectivity index (χ3n) is 1.63. The van der Waals surface area contributed by atoms with Crippen LogP contribution in [0.2, 0.25) is 0 Å². The molecule has 0 aromatic rings. The van der Waals surface area contributed by atoms with E-state index in [1.54, 1.807) is 0 Å². The molecule has 0 aliphatic heterocycles. The van der Waals surface area contributed by atoms with E-state index >= 15 is 0 Å². The Balaban J connectivity index is 0.00000121. The monoisotopic (exact) mass is 201 g/mol. The number of carbonyl (C=O) groups is 1. The van der Waals surface area contributed by atoms with Crippen molar-refractivity contribution in [1.29, 1.82) is 0 Å². The molecule has 0 aromatic carbocycles. The van der Waals surface area contributed by atoms with Gasteiger partial charge in [0.25, 0.3) is 5.92 Å². The van der Waals surface area contributed by atoms with Crippen LogP contribution in [0.3, 0.4) is 0 Å². The number of aliphatic carboxylic acids is 1. The summed E-state index contributed by atoms with van der Waals surface area (Å²) < 4.78 is 24.3. The quantitative estimate of drug-likeness (QED) is 0.713. The molecule has 6 heteroatoms. The molecule has 0 amide bonds. The normalized spacial score (nSPS) is 20.8. The number of hydrogen-bond donors (Lipinski definition) is 2. The zero-order valence-corrected chi connectivity index (χ0v) is 7.03. The van der Waals surface area contributed by atoms with Crippen molar-refractivity contribution >= 4 is 18.4 Å². The highest BCUT2D eigenvalue weighted by Crippen LogP contribution is 2.37. The lowest BCUT2D eigenvalue weighted by atomic mass is 9.88. The van der Waals surface area contributed by atoms with Gasteiger partial charge in [0.2, 0.25) is 0 Å². The van der Waals surface area contributed by atoms with Gasteiger partial charge in [-0.2, -0.15) is 0 Å². The molecule has 0 bridgehead atoms. The van der Waals surface area contributed by atoms with E-state index in [-0.39, 0.29) is 37.8 Å². The lowest BCUT2D eigenvalue weighted by Gasteiger charge is -2.35. The van der Waals surface area contributed by atoms with E-state index in [0.717, 1.165) is 0 Å². The van der Waals surface area contributed by atoms with Crippen molar-refractivity contribution in [2.24, 2.45) is 0 Å². The lowest BCUT2D eigenvalue weighted by Crippen LogP contribution is -2.49. The molecule has 0 atom stereocenters. The number of carboxylic acids is 1. The molecular weight excluding hydrogens is 192 g/mol. The highest BCUT2D eigenvalue weighted by Gasteiger charge is 2.44. The van der Waals surface area contributed by atoms with Crippen molar-refractivity contribution in [1.82, 2.24) is 5.32 Å². The molecule has 0 radical (unpaired) electrons. The highest BCUT2D eigenvalue weighted by atomic mass is 35.5. The van der Waals surface area contributed by atoms with Gasteiger partial charge in [-0.15, -0.1) is 12.4 Å². The van der Waals surface area contributed by atoms with Crippen LogP contribution >= 0.6 is 12.4 Å². The smallest absolute Gasteiger partial charge is 0.317 e. The second kappa shape index (κ2) is 4.00. The second-order valence-electron chi connectivity index (χ2n) is 2.74. The van der Waals surface area contributed by atoms with Crippen LogP contribution in [0.4, 0.5) is 8.78 Å². The number of halogens is 3. The molecule has 0 saturated heterocycles. The van der Waals surface area contributed by atoms with Gasteiger partial charge in [-0.1, -0.05) is 0 Å². The van der Waals surface area contributed by atoms with Crippen molar-refractivity contribution in [3.8, 4) is 0 Å². The number of nitrogens with one attached hydrogen (secondary N) is 1. The van der Waals surface area contributed by atoms with Gasteiger partial charge >= 0.3 is 5.97 Å². The molecule has 12 heavy (non-hydrogen) atoms. The Morgan fingerprint density at radius 2 is 2.08 bits per heavy atom. The largest absolute Gasteiger partial charge is 0.480 e. The summed E-state index contributed by atoms with van der Waals surface area (Å²) in [5, 5.41) is 10.7. The summed E-state index contributed by atoms with van der Waals surface area (Å²) in [6.07, 6.45) is -0.472. The van der Waals surface area contributed by atoms with E-state index in [0.29, 0.717) is 0 Å². The van der Waals surface area contributed by atoms with Gasteiger partial charge in [0.05, 0.1) is 6.54 Å². The lowest BCUT2D eigenvalue weighted by molar-refractivity contribution is -0.137. The average Bonchev–Trinajstić information content (AvgIpc) is 1.78. The number of alkyl halides is 2. The summed E-state index contributed by atoms with van der Waals surface area (Å²) in [4.78, 5) is 9.96. The molecule has 3 nitrogen and oxygen atoms in total. The molecular formula is C6H10ClF2NO2. The third kappa shape index (κ3) is 3.32. The van der Waals surface area contributed by atoms with Crippen LogP contribution in [0.25, 0.3) is 0 Å². The van der Waals surface area contributed by atoms with Gasteiger partial charge in [-0.25, -0.2) is 8.78 Å². The van der Waals surface area contributed by atoms with Crippen molar-refractivity contribution in [3.05, 3.63) is 0 Å². The summed E-state index contributed by atoms with van der Waals surface area (Å²) in [5.74, 6) is -3.59. The van der Waals surface area contributed by atoms with Crippen molar-refractivity contribution in [2.45, 2.75) is 24.8 Å². The van der Waals surface area contributed by atoms with Crippen LogP contribution in [0.15, 0.2) is 0 Å². The molecule has 1 aliphatic rings. The van der Waals surface area contributed by atoms with Crippen molar-refractivity contribution in [3.63, 3.8) is 0 Å². The maximum absolute atomic E-state index is 12.1. The van der Waals surface area contributed by atoms with Gasteiger partial charge in [-0.3, -0.25) is 4.79 Å². The second-order valence-corrected chi connectivity index (χ2v) is 2.74. The molecule has 0 heterocycles. The van der Waals surface area contributed by atoms with E-state index < -0.39 is 11.9 Å². The topological polar surface area (TPSA) is 49.3 Å². The van der Waals surface area contributed by atoms with Crippen LogP contribution in [0.1, 0.15) is 12.8 Å². The van der Waals surface area contributed by atoms with Crippen LogP contribution in [-0.2, 0) is 4.79 Å². The fourth-order valence-electron chi connectivity index (χ4n) is 1.04. The molecule has 2 N–H and O–H groups in total. The van der Waals surface area contributed by atoms with E-state index in [9.17, 15) is 13.6 Å². The summed E-state index contributed by atoms with van der Waals surface area (Å²) in [6, 6.07) is -0.318. The predicted molar refractivity (Wildman–Crippen MR) is 40.9 cm³/mol. The Morgan fingerprint density at radius 3 is 2.42 bits per heavy atom. The van der Waals surface area contributed by atoms with Gasteiger partial charge < -0.3 is 10.4 Å². The average molecular weight is 202 g/mol. The van der Waals surface area contributed by atoms with Crippen LogP contribution in [-0.4, -0.2) is 29.6 Å². The van der Waals surface area contributed by atoms with Gasteiger partial charge in [0, 0.05) is 18.9 Å². The summed E-state index contributed by atoms with van der Waals surface area (Å²) in [6.45, 7) is -0.235. The SMILES string of the molecule is Cl.O=C(O)CNC1CC(F)(F)C1. The maximum atomic E-state index is 12.1. The number of carboxylic acid groups (broad SMARTS) is 1. The first kappa shape index (κ1) is 11.6. The van der Waals surface area contributed by atoms with Gasteiger partial charge in [-0.05, 0) is 0 Å². The van der Waals surface area contributed by atoms with E-state index in [1.165, 1.54) is 0 Å². The molecule has 1 fully saturated rings. The predicted octanol–water partition coefficient (Wildman–Crippen LogP) is 0.880. The minimum Gasteiger partial charge on any atom is -0.480 e. The van der Waals surface area contributed by atoms with Crippen molar-refractivity contribution < 1.29 is 18.7 Å². The minimum atomic E-state index is -2.57. The number of hydrogen-bond acceptors (Lipinski definition) is 2. The molecule has 1 aliphatic carbocycles. The van der Waals surface area contributed by atoms with Crippen molar-refractivity contribution in [2.75, 3.05) is 6.54 Å². The third-order valence-corrected chi connectivity index (χ3v) is 1.63. The first-order valence-corrected chi connectivity index (χ1v) is 3.33. The first-order chi connectivity index (χ1) is 4.99. The molecule has 72 valence electrons. The fraction of sp³-hybridized carbons (Fsp3) is 0.833. The van der Waals surface area contributed by atoms with Gasteiger partial charge in [0.1, 0.15) is 0 Å². The molecule has 0 spiro atoms. The molecule has 0 unspecified atom stereocenters. The molecule has 1 rings (SSSR count). The van der Waals surface area contributed by atoms with Gasteiger partial charge in [0.15, 0.2) is 0 Å². The van der Waals surface area contributed by atoms with Crippen LogP contribution < -0.4 is 5.32 Å². The Morgan fingerprint density at radius 1 is 1.58 bits per heavy atom. The number of rotatable bonds is 3. The van der Waals surface area contributed by atoms with E-state index in [1.807, 2.05) is 0 Å².